The second-order valence-electron chi connectivity index (χ2n) is 5.04. The van der Waals surface area contributed by atoms with Gasteiger partial charge in [0.1, 0.15) is 11.3 Å². The monoisotopic (exact) mass is 313 g/mol. The van der Waals surface area contributed by atoms with Crippen molar-refractivity contribution in [3.63, 3.8) is 0 Å². The number of aromatic nitrogens is 3. The third-order valence-electron chi connectivity index (χ3n) is 3.73. The average Bonchev–Trinajstić information content (AvgIpc) is 2.71. The molecule has 3 rings (SSSR count). The van der Waals surface area contributed by atoms with Gasteiger partial charge in [-0.1, -0.05) is 11.6 Å². The lowest BCUT2D eigenvalue weighted by molar-refractivity contribution is -0.0194. The molecule has 1 saturated carbocycles. The minimum absolute atomic E-state index is 0.360. The zero-order chi connectivity index (χ0) is 14.1. The van der Waals surface area contributed by atoms with Gasteiger partial charge in [-0.3, -0.25) is 0 Å². The second kappa shape index (κ2) is 5.88. The van der Waals surface area contributed by atoms with Gasteiger partial charge >= 0.3 is 0 Å². The number of nitrogens with zero attached hydrogens (tertiary/aromatic N) is 3. The number of halogens is 2. The van der Waals surface area contributed by atoms with Crippen molar-refractivity contribution in [1.29, 1.82) is 0 Å². The Bertz CT molecular complexity index is 608. The van der Waals surface area contributed by atoms with Crippen LogP contribution in [0.4, 0.5) is 0 Å². The van der Waals surface area contributed by atoms with E-state index in [1.54, 1.807) is 6.20 Å². The van der Waals surface area contributed by atoms with Crippen LogP contribution >= 0.6 is 23.2 Å². The summed E-state index contributed by atoms with van der Waals surface area (Å²) in [6.45, 7) is 2.80. The third kappa shape index (κ3) is 2.52. The Labute approximate surface area is 128 Å². The van der Waals surface area contributed by atoms with Crippen LogP contribution in [0.15, 0.2) is 12.3 Å². The molecule has 20 heavy (non-hydrogen) atoms. The minimum atomic E-state index is 0.360. The molecule has 0 spiro atoms. The molecule has 0 aromatic carbocycles. The molecule has 0 amide bonds. The molecule has 0 aliphatic heterocycles. The van der Waals surface area contributed by atoms with Gasteiger partial charge in [-0.05, 0) is 25.8 Å². The van der Waals surface area contributed by atoms with E-state index < -0.39 is 0 Å². The molecule has 2 aromatic heterocycles. The standard InChI is InChI=1S/C14H17Cl2N3O/c1-2-20-11-6-10(7-11)19-13(3-4-15)18-12-5-9(16)8-17-14(12)19/h5,8,10-11H,2-4,6-7H2,1H3. The summed E-state index contributed by atoms with van der Waals surface area (Å²) in [7, 11) is 0. The first-order chi connectivity index (χ1) is 9.72. The fraction of sp³-hybridized carbons (Fsp3) is 0.571. The number of imidazole rings is 1. The highest BCUT2D eigenvalue weighted by Gasteiger charge is 2.33. The lowest BCUT2D eigenvalue weighted by atomic mass is 9.88. The molecule has 1 aliphatic carbocycles. The zero-order valence-electron chi connectivity index (χ0n) is 11.4. The van der Waals surface area contributed by atoms with E-state index in [1.807, 2.05) is 13.0 Å². The van der Waals surface area contributed by atoms with E-state index in [2.05, 4.69) is 14.5 Å². The number of hydrogen-bond donors (Lipinski definition) is 0. The highest BCUT2D eigenvalue weighted by atomic mass is 35.5. The van der Waals surface area contributed by atoms with E-state index in [1.165, 1.54) is 0 Å². The molecule has 0 radical (unpaired) electrons. The van der Waals surface area contributed by atoms with E-state index in [0.717, 1.165) is 42.9 Å². The first-order valence-corrected chi connectivity index (χ1v) is 7.84. The van der Waals surface area contributed by atoms with E-state index in [0.29, 0.717) is 23.0 Å². The molecule has 0 N–H and O–H groups in total. The Morgan fingerprint density at radius 1 is 1.45 bits per heavy atom. The first kappa shape index (κ1) is 14.1. The lowest BCUT2D eigenvalue weighted by Crippen LogP contribution is -2.34. The van der Waals surface area contributed by atoms with Crippen molar-refractivity contribution < 1.29 is 4.74 Å². The summed E-state index contributed by atoms with van der Waals surface area (Å²) in [6.07, 6.45) is 4.80. The van der Waals surface area contributed by atoms with Gasteiger partial charge in [0.05, 0.1) is 11.1 Å². The Morgan fingerprint density at radius 3 is 2.95 bits per heavy atom. The van der Waals surface area contributed by atoms with Crippen molar-refractivity contribution >= 4 is 34.4 Å². The van der Waals surface area contributed by atoms with Crippen molar-refractivity contribution in [2.45, 2.75) is 38.3 Å². The van der Waals surface area contributed by atoms with E-state index in [-0.39, 0.29) is 0 Å². The summed E-state index contributed by atoms with van der Waals surface area (Å²) in [5.74, 6) is 1.54. The Morgan fingerprint density at radius 2 is 2.25 bits per heavy atom. The number of alkyl halides is 1. The predicted molar refractivity (Wildman–Crippen MR) is 80.6 cm³/mol. The van der Waals surface area contributed by atoms with Gasteiger partial charge in [0.25, 0.3) is 0 Å². The summed E-state index contributed by atoms with van der Waals surface area (Å²) in [6, 6.07) is 2.26. The molecule has 0 saturated heterocycles. The number of rotatable bonds is 5. The van der Waals surface area contributed by atoms with Crippen LogP contribution in [0.3, 0.4) is 0 Å². The van der Waals surface area contributed by atoms with Gasteiger partial charge in [-0.25, -0.2) is 9.97 Å². The van der Waals surface area contributed by atoms with Crippen LogP contribution < -0.4 is 0 Å². The SMILES string of the molecule is CCOC1CC(n2c(CCCl)nc3cc(Cl)cnc32)C1. The molecule has 2 heterocycles. The molecule has 0 atom stereocenters. The fourth-order valence-corrected chi connectivity index (χ4v) is 3.09. The van der Waals surface area contributed by atoms with Crippen molar-refractivity contribution in [2.24, 2.45) is 0 Å². The minimum Gasteiger partial charge on any atom is -0.378 e. The molecule has 1 fully saturated rings. The van der Waals surface area contributed by atoms with Crippen LogP contribution in [0.5, 0.6) is 0 Å². The smallest absolute Gasteiger partial charge is 0.160 e. The Balaban J connectivity index is 1.93. The third-order valence-corrected chi connectivity index (χ3v) is 4.12. The highest BCUT2D eigenvalue weighted by Crippen LogP contribution is 2.37. The van der Waals surface area contributed by atoms with E-state index >= 15 is 0 Å². The van der Waals surface area contributed by atoms with Crippen molar-refractivity contribution in [2.75, 3.05) is 12.5 Å². The molecular weight excluding hydrogens is 297 g/mol. The Kier molecular flexibility index (Phi) is 4.15. The maximum atomic E-state index is 5.99. The first-order valence-electron chi connectivity index (χ1n) is 6.92. The summed E-state index contributed by atoms with van der Waals surface area (Å²) < 4.78 is 7.85. The van der Waals surface area contributed by atoms with Crippen molar-refractivity contribution in [3.05, 3.63) is 23.1 Å². The summed E-state index contributed by atoms with van der Waals surface area (Å²) in [5, 5.41) is 0.611. The highest BCUT2D eigenvalue weighted by molar-refractivity contribution is 6.31. The van der Waals surface area contributed by atoms with Gasteiger partial charge in [-0.15, -0.1) is 11.6 Å². The van der Waals surface area contributed by atoms with Crippen LogP contribution in [0.1, 0.15) is 31.6 Å². The Hall–Kier alpha value is -0.840. The molecular formula is C14H17Cl2N3O. The summed E-state index contributed by atoms with van der Waals surface area (Å²) in [4.78, 5) is 9.07. The molecule has 1 aliphatic rings. The van der Waals surface area contributed by atoms with Crippen LogP contribution in [0.25, 0.3) is 11.2 Å². The van der Waals surface area contributed by atoms with Crippen LogP contribution in [-0.4, -0.2) is 33.1 Å². The number of ether oxygens (including phenoxy) is 1. The van der Waals surface area contributed by atoms with Crippen LogP contribution in [-0.2, 0) is 11.2 Å². The number of hydrogen-bond acceptors (Lipinski definition) is 3. The van der Waals surface area contributed by atoms with Gasteiger partial charge in [0.15, 0.2) is 5.65 Å². The van der Waals surface area contributed by atoms with Crippen LogP contribution in [0.2, 0.25) is 5.02 Å². The van der Waals surface area contributed by atoms with Crippen molar-refractivity contribution in [3.8, 4) is 0 Å². The number of pyridine rings is 1. The predicted octanol–water partition coefficient (Wildman–Crippen LogP) is 3.61. The second-order valence-corrected chi connectivity index (χ2v) is 5.85. The van der Waals surface area contributed by atoms with Crippen LogP contribution in [0, 0.1) is 0 Å². The van der Waals surface area contributed by atoms with E-state index in [4.69, 9.17) is 27.9 Å². The largest absolute Gasteiger partial charge is 0.378 e. The molecule has 6 heteroatoms. The lowest BCUT2D eigenvalue weighted by Gasteiger charge is -2.36. The molecule has 0 bridgehead atoms. The molecule has 4 nitrogen and oxygen atoms in total. The number of fused-ring (bicyclic) bond motifs is 1. The summed E-state index contributed by atoms with van der Waals surface area (Å²) in [5.41, 5.74) is 1.74. The average molecular weight is 314 g/mol. The molecule has 0 unspecified atom stereocenters. The van der Waals surface area contributed by atoms with Gasteiger partial charge in [0.2, 0.25) is 0 Å². The zero-order valence-corrected chi connectivity index (χ0v) is 12.9. The summed E-state index contributed by atoms with van der Waals surface area (Å²) >= 11 is 11.9. The fourth-order valence-electron chi connectivity index (χ4n) is 2.77. The molecule has 2 aromatic rings. The topological polar surface area (TPSA) is 39.9 Å². The normalized spacial score (nSPS) is 22.1. The maximum Gasteiger partial charge on any atom is 0.160 e. The molecule has 108 valence electrons. The van der Waals surface area contributed by atoms with Crippen molar-refractivity contribution in [1.82, 2.24) is 14.5 Å². The maximum absolute atomic E-state index is 5.99. The van der Waals surface area contributed by atoms with Gasteiger partial charge in [-0.2, -0.15) is 0 Å². The number of aryl methyl sites for hydroxylation is 1. The van der Waals surface area contributed by atoms with E-state index in [9.17, 15) is 0 Å². The van der Waals surface area contributed by atoms with Gasteiger partial charge in [0, 0.05) is 31.1 Å². The quantitative estimate of drug-likeness (QED) is 0.792. The van der Waals surface area contributed by atoms with Gasteiger partial charge < -0.3 is 9.30 Å².